The van der Waals surface area contributed by atoms with E-state index in [0.29, 0.717) is 0 Å². The van der Waals surface area contributed by atoms with E-state index in [1.807, 2.05) is 18.2 Å². The van der Waals surface area contributed by atoms with Crippen LogP contribution in [0.5, 0.6) is 0 Å². The number of nitrogens with zero attached hydrogens (tertiary/aromatic N) is 1. The molecule has 14 heavy (non-hydrogen) atoms. The number of benzene rings is 1. The smallest absolute Gasteiger partial charge is 0.0488 e. The van der Waals surface area contributed by atoms with Gasteiger partial charge in [0.05, 0.1) is 0 Å². The van der Waals surface area contributed by atoms with Gasteiger partial charge in [-0.25, -0.2) is 0 Å². The molecule has 0 spiro atoms. The number of aromatic nitrogens is 1. The largest absolute Gasteiger partial charge is 0.337 e. The van der Waals surface area contributed by atoms with Gasteiger partial charge in [0.15, 0.2) is 0 Å². The molecular formula is C13H13N. The third-order valence-corrected chi connectivity index (χ3v) is 2.36. The minimum atomic E-state index is 0.828. The highest BCUT2D eigenvalue weighted by molar-refractivity contribution is 5.83. The van der Waals surface area contributed by atoms with Crippen LogP contribution in [0.4, 0.5) is 0 Å². The number of para-hydroxylation sites is 1. The molecule has 0 radical (unpaired) electrons. The molecule has 0 aliphatic rings. The highest BCUT2D eigenvalue weighted by Gasteiger charge is 2.03. The van der Waals surface area contributed by atoms with Crippen LogP contribution in [0.15, 0.2) is 49.6 Å². The van der Waals surface area contributed by atoms with Gasteiger partial charge in [-0.1, -0.05) is 30.9 Å². The van der Waals surface area contributed by atoms with Gasteiger partial charge in [0.2, 0.25) is 0 Å². The van der Waals surface area contributed by atoms with Crippen molar-refractivity contribution in [2.75, 3.05) is 0 Å². The molecule has 0 unspecified atom stereocenters. The van der Waals surface area contributed by atoms with Crippen molar-refractivity contribution in [3.05, 3.63) is 55.3 Å². The molecule has 0 fully saturated rings. The minimum absolute atomic E-state index is 0.828. The predicted molar refractivity (Wildman–Crippen MR) is 62.2 cm³/mol. The van der Waals surface area contributed by atoms with Crippen molar-refractivity contribution in [2.24, 2.45) is 0 Å². The molecule has 1 aromatic heterocycles. The van der Waals surface area contributed by atoms with Gasteiger partial charge in [-0.05, 0) is 18.2 Å². The molecule has 70 valence electrons. The summed E-state index contributed by atoms with van der Waals surface area (Å²) in [4.78, 5) is 0. The second-order valence-electron chi connectivity index (χ2n) is 3.23. The van der Waals surface area contributed by atoms with Crippen molar-refractivity contribution in [1.82, 2.24) is 4.57 Å². The quantitative estimate of drug-likeness (QED) is 0.642. The second kappa shape index (κ2) is 3.54. The molecule has 0 amide bonds. The zero-order chi connectivity index (χ0) is 9.97. The molecule has 1 nitrogen and oxygen atoms in total. The Hall–Kier alpha value is -1.76. The third kappa shape index (κ3) is 1.27. The lowest BCUT2D eigenvalue weighted by Crippen LogP contribution is -1.96. The van der Waals surface area contributed by atoms with Gasteiger partial charge >= 0.3 is 0 Å². The summed E-state index contributed by atoms with van der Waals surface area (Å²) in [5, 5.41) is 1.25. The standard InChI is InChI=1S/C13H13N/c1-3-9-14-12(4-2)10-11-7-5-6-8-13(11)14/h3-8,10H,1-2,9H2. The molecule has 0 saturated carbocycles. The molecule has 2 aromatic rings. The molecular weight excluding hydrogens is 170 g/mol. The number of fused-ring (bicyclic) bond motifs is 1. The van der Waals surface area contributed by atoms with Crippen molar-refractivity contribution < 1.29 is 0 Å². The van der Waals surface area contributed by atoms with Crippen molar-refractivity contribution >= 4 is 17.0 Å². The monoisotopic (exact) mass is 183 g/mol. The number of hydrogen-bond donors (Lipinski definition) is 0. The Bertz CT molecular complexity index is 477. The van der Waals surface area contributed by atoms with E-state index in [2.05, 4.69) is 42.0 Å². The Morgan fingerprint density at radius 2 is 2.00 bits per heavy atom. The maximum atomic E-state index is 3.81. The van der Waals surface area contributed by atoms with Gasteiger partial charge in [-0.2, -0.15) is 0 Å². The first kappa shape index (κ1) is 8.82. The van der Waals surface area contributed by atoms with E-state index in [1.54, 1.807) is 0 Å². The zero-order valence-corrected chi connectivity index (χ0v) is 8.11. The van der Waals surface area contributed by atoms with E-state index < -0.39 is 0 Å². The fraction of sp³-hybridized carbons (Fsp3) is 0.0769. The Labute approximate surface area is 84.0 Å². The molecule has 0 aliphatic heterocycles. The van der Waals surface area contributed by atoms with Gasteiger partial charge in [-0.15, -0.1) is 6.58 Å². The third-order valence-electron chi connectivity index (χ3n) is 2.36. The Kier molecular flexibility index (Phi) is 2.23. The van der Waals surface area contributed by atoms with E-state index in [4.69, 9.17) is 0 Å². The van der Waals surface area contributed by atoms with Gasteiger partial charge in [0.1, 0.15) is 0 Å². The summed E-state index contributed by atoms with van der Waals surface area (Å²) in [5.41, 5.74) is 2.38. The fourth-order valence-electron chi connectivity index (χ4n) is 1.73. The lowest BCUT2D eigenvalue weighted by Gasteiger charge is -2.03. The van der Waals surface area contributed by atoms with Gasteiger partial charge in [-0.3, -0.25) is 0 Å². The maximum Gasteiger partial charge on any atom is 0.0488 e. The topological polar surface area (TPSA) is 4.93 Å². The van der Waals surface area contributed by atoms with Crippen LogP contribution in [0, 0.1) is 0 Å². The summed E-state index contributed by atoms with van der Waals surface area (Å²) in [5.74, 6) is 0. The number of allylic oxidation sites excluding steroid dienone is 1. The van der Waals surface area contributed by atoms with Crippen LogP contribution in [0.25, 0.3) is 17.0 Å². The number of rotatable bonds is 3. The van der Waals surface area contributed by atoms with Gasteiger partial charge < -0.3 is 4.57 Å². The van der Waals surface area contributed by atoms with Crippen LogP contribution in [-0.4, -0.2) is 4.57 Å². The van der Waals surface area contributed by atoms with E-state index in [9.17, 15) is 0 Å². The SMILES string of the molecule is C=CCn1c(C=C)cc2ccccc21. The van der Waals surface area contributed by atoms with E-state index in [0.717, 1.165) is 12.2 Å². The van der Waals surface area contributed by atoms with E-state index in [1.165, 1.54) is 10.9 Å². The van der Waals surface area contributed by atoms with Crippen molar-refractivity contribution in [3.8, 4) is 0 Å². The fourth-order valence-corrected chi connectivity index (χ4v) is 1.73. The summed E-state index contributed by atoms with van der Waals surface area (Å²) < 4.78 is 2.20. The second-order valence-corrected chi connectivity index (χ2v) is 3.23. The summed E-state index contributed by atoms with van der Waals surface area (Å²) in [6, 6.07) is 10.5. The molecule has 0 N–H and O–H groups in total. The minimum Gasteiger partial charge on any atom is -0.337 e. The Balaban J connectivity index is 2.73. The highest BCUT2D eigenvalue weighted by atomic mass is 15.0. The number of hydrogen-bond acceptors (Lipinski definition) is 0. The Morgan fingerprint density at radius 3 is 2.71 bits per heavy atom. The molecule has 1 heteroatoms. The summed E-state index contributed by atoms with van der Waals surface area (Å²) in [7, 11) is 0. The van der Waals surface area contributed by atoms with Gasteiger partial charge in [0, 0.05) is 23.1 Å². The van der Waals surface area contributed by atoms with Crippen LogP contribution in [0.2, 0.25) is 0 Å². The van der Waals surface area contributed by atoms with Crippen molar-refractivity contribution in [2.45, 2.75) is 6.54 Å². The first-order valence-electron chi connectivity index (χ1n) is 4.68. The molecule has 1 aromatic carbocycles. The van der Waals surface area contributed by atoms with Crippen LogP contribution in [0.3, 0.4) is 0 Å². The van der Waals surface area contributed by atoms with E-state index >= 15 is 0 Å². The summed E-state index contributed by atoms with van der Waals surface area (Å²) in [6.07, 6.45) is 3.78. The average molecular weight is 183 g/mol. The highest BCUT2D eigenvalue weighted by Crippen LogP contribution is 2.20. The molecule has 0 atom stereocenters. The van der Waals surface area contributed by atoms with Gasteiger partial charge in [0.25, 0.3) is 0 Å². The first-order valence-corrected chi connectivity index (χ1v) is 4.68. The lowest BCUT2D eigenvalue weighted by molar-refractivity contribution is 0.855. The van der Waals surface area contributed by atoms with Crippen LogP contribution < -0.4 is 0 Å². The van der Waals surface area contributed by atoms with Crippen LogP contribution >= 0.6 is 0 Å². The lowest BCUT2D eigenvalue weighted by atomic mass is 10.2. The maximum absolute atomic E-state index is 3.81. The van der Waals surface area contributed by atoms with Crippen LogP contribution in [0.1, 0.15) is 5.69 Å². The summed E-state index contributed by atoms with van der Waals surface area (Å²) >= 11 is 0. The Morgan fingerprint density at radius 1 is 1.21 bits per heavy atom. The van der Waals surface area contributed by atoms with Crippen molar-refractivity contribution in [1.29, 1.82) is 0 Å². The molecule has 0 saturated heterocycles. The molecule has 1 heterocycles. The molecule has 2 rings (SSSR count). The van der Waals surface area contributed by atoms with E-state index in [-0.39, 0.29) is 0 Å². The summed E-state index contributed by atoms with van der Waals surface area (Å²) in [6.45, 7) is 8.40. The molecule has 0 aliphatic carbocycles. The van der Waals surface area contributed by atoms with Crippen molar-refractivity contribution in [3.63, 3.8) is 0 Å². The predicted octanol–water partition coefficient (Wildman–Crippen LogP) is 3.47. The zero-order valence-electron chi connectivity index (χ0n) is 8.11. The average Bonchev–Trinajstić information content (AvgIpc) is 2.58. The normalized spacial score (nSPS) is 10.3. The molecule has 0 bridgehead atoms. The first-order chi connectivity index (χ1) is 6.86. The van der Waals surface area contributed by atoms with Crippen LogP contribution in [-0.2, 0) is 6.54 Å².